The third-order valence-electron chi connectivity index (χ3n) is 6.38. The molecule has 4 rings (SSSR count). The van der Waals surface area contributed by atoms with E-state index in [0.717, 1.165) is 23.6 Å². The van der Waals surface area contributed by atoms with Gasteiger partial charge in [0.05, 0.1) is 0 Å². The van der Waals surface area contributed by atoms with Gasteiger partial charge in [0.25, 0.3) is 0 Å². The summed E-state index contributed by atoms with van der Waals surface area (Å²) in [5.41, 5.74) is 1.10. The van der Waals surface area contributed by atoms with Crippen LogP contribution in [0.25, 0.3) is 0 Å². The smallest absolute Gasteiger partial charge is 0.242 e. The molecule has 0 spiro atoms. The number of fused-ring (bicyclic) bond motifs is 1. The van der Waals surface area contributed by atoms with Crippen molar-refractivity contribution >= 4 is 5.91 Å². The first-order valence-corrected chi connectivity index (χ1v) is 10.2. The molecule has 6 heteroatoms. The van der Waals surface area contributed by atoms with Crippen molar-refractivity contribution in [1.29, 1.82) is 0 Å². The molecule has 2 fully saturated rings. The summed E-state index contributed by atoms with van der Waals surface area (Å²) in [6, 6.07) is 5.45. The molecule has 6 nitrogen and oxygen atoms in total. The van der Waals surface area contributed by atoms with Crippen molar-refractivity contribution in [2.45, 2.75) is 50.1 Å². The van der Waals surface area contributed by atoms with Crippen LogP contribution in [0.5, 0.6) is 11.5 Å². The maximum absolute atomic E-state index is 13.2. The molecule has 1 amide bonds. The highest BCUT2D eigenvalue weighted by Crippen LogP contribution is 2.38. The van der Waals surface area contributed by atoms with Crippen molar-refractivity contribution in [2.75, 3.05) is 40.5 Å². The molecule has 2 aliphatic heterocycles. The Morgan fingerprint density at radius 1 is 1.15 bits per heavy atom. The van der Waals surface area contributed by atoms with E-state index in [4.69, 9.17) is 9.47 Å². The number of nitrogens with zero attached hydrogens (tertiary/aromatic N) is 2. The first-order chi connectivity index (χ1) is 13.1. The normalized spacial score (nSPS) is 22.3. The van der Waals surface area contributed by atoms with E-state index in [1.807, 2.05) is 37.2 Å². The Hall–Kier alpha value is -1.79. The standard InChI is InChI=1S/C21H31N3O3/c1-23(2)19(16-7-8-17-18(13-16)27-15-26-17)20(25)22-14-21(9-3-4-10-21)24-11-5-6-12-24/h7-8,13,19H,3-6,9-12,14-15H2,1-2H3,(H,22,25). The molecule has 1 atom stereocenters. The number of benzene rings is 1. The van der Waals surface area contributed by atoms with Crippen LogP contribution in [0.2, 0.25) is 0 Å². The number of carbonyl (C=O) groups excluding carboxylic acids is 1. The Balaban J connectivity index is 1.47. The van der Waals surface area contributed by atoms with Crippen molar-refractivity contribution < 1.29 is 14.3 Å². The van der Waals surface area contributed by atoms with E-state index in [9.17, 15) is 4.79 Å². The van der Waals surface area contributed by atoms with Crippen LogP contribution in [0.1, 0.15) is 50.1 Å². The molecule has 1 aromatic carbocycles. The number of rotatable bonds is 6. The van der Waals surface area contributed by atoms with Crippen LogP contribution in [0, 0.1) is 0 Å². The van der Waals surface area contributed by atoms with Crippen LogP contribution in [-0.2, 0) is 4.79 Å². The van der Waals surface area contributed by atoms with Crippen LogP contribution in [0.4, 0.5) is 0 Å². The fraction of sp³-hybridized carbons (Fsp3) is 0.667. The lowest BCUT2D eigenvalue weighted by Gasteiger charge is -2.39. The zero-order valence-corrected chi connectivity index (χ0v) is 16.5. The number of hydrogen-bond acceptors (Lipinski definition) is 5. The van der Waals surface area contributed by atoms with Crippen molar-refractivity contribution in [3.05, 3.63) is 23.8 Å². The molecule has 0 bridgehead atoms. The third-order valence-corrected chi connectivity index (χ3v) is 6.38. The number of likely N-dealkylation sites (tertiary alicyclic amines) is 1. The lowest BCUT2D eigenvalue weighted by Crippen LogP contribution is -2.54. The topological polar surface area (TPSA) is 54.0 Å². The first kappa shape index (κ1) is 18.6. The van der Waals surface area contributed by atoms with Gasteiger partial charge in [0.15, 0.2) is 11.5 Å². The second-order valence-corrected chi connectivity index (χ2v) is 8.32. The van der Waals surface area contributed by atoms with E-state index < -0.39 is 0 Å². The SMILES string of the molecule is CN(C)C(C(=O)NCC1(N2CCCC2)CCCC1)c1ccc2c(c1)OCO2. The van der Waals surface area contributed by atoms with Crippen molar-refractivity contribution in [3.8, 4) is 11.5 Å². The number of ether oxygens (including phenoxy) is 2. The maximum atomic E-state index is 13.2. The van der Waals surface area contributed by atoms with Crippen molar-refractivity contribution in [2.24, 2.45) is 0 Å². The van der Waals surface area contributed by atoms with Crippen LogP contribution in [-0.4, -0.2) is 61.8 Å². The molecular weight excluding hydrogens is 342 g/mol. The summed E-state index contributed by atoms with van der Waals surface area (Å²) < 4.78 is 10.9. The fourth-order valence-corrected chi connectivity index (χ4v) is 4.94. The second kappa shape index (κ2) is 7.68. The molecule has 27 heavy (non-hydrogen) atoms. The van der Waals surface area contributed by atoms with Gasteiger partial charge in [-0.25, -0.2) is 0 Å². The highest BCUT2D eigenvalue weighted by molar-refractivity contribution is 5.83. The lowest BCUT2D eigenvalue weighted by atomic mass is 9.94. The van der Waals surface area contributed by atoms with Gasteiger partial charge in [0, 0.05) is 12.1 Å². The van der Waals surface area contributed by atoms with Crippen molar-refractivity contribution in [3.63, 3.8) is 0 Å². The number of hydrogen-bond donors (Lipinski definition) is 1. The Morgan fingerprint density at radius 2 is 1.85 bits per heavy atom. The summed E-state index contributed by atoms with van der Waals surface area (Å²) in [6.07, 6.45) is 7.51. The molecule has 2 heterocycles. The molecule has 1 unspecified atom stereocenters. The first-order valence-electron chi connectivity index (χ1n) is 10.2. The Labute approximate surface area is 161 Å². The predicted octanol–water partition coefficient (Wildman–Crippen LogP) is 2.54. The summed E-state index contributed by atoms with van der Waals surface area (Å²) in [4.78, 5) is 17.7. The highest BCUT2D eigenvalue weighted by Gasteiger charge is 2.41. The van der Waals surface area contributed by atoms with Gasteiger partial charge in [-0.05, 0) is 70.6 Å². The molecule has 1 saturated heterocycles. The van der Waals surface area contributed by atoms with Gasteiger partial charge >= 0.3 is 0 Å². The fourth-order valence-electron chi connectivity index (χ4n) is 4.94. The second-order valence-electron chi connectivity index (χ2n) is 8.32. The van der Waals surface area contributed by atoms with Gasteiger partial charge in [-0.3, -0.25) is 14.6 Å². The van der Waals surface area contributed by atoms with E-state index in [1.165, 1.54) is 51.6 Å². The minimum atomic E-state index is -0.337. The van der Waals surface area contributed by atoms with Gasteiger partial charge in [-0.2, -0.15) is 0 Å². The Morgan fingerprint density at radius 3 is 2.56 bits per heavy atom. The number of nitrogens with one attached hydrogen (secondary N) is 1. The van der Waals surface area contributed by atoms with Crippen LogP contribution in [0.3, 0.4) is 0 Å². The Bertz CT molecular complexity index is 679. The van der Waals surface area contributed by atoms with Gasteiger partial charge in [-0.15, -0.1) is 0 Å². The third kappa shape index (κ3) is 3.65. The van der Waals surface area contributed by atoms with Crippen molar-refractivity contribution in [1.82, 2.24) is 15.1 Å². The van der Waals surface area contributed by atoms with E-state index >= 15 is 0 Å². The average molecular weight is 373 g/mol. The van der Waals surface area contributed by atoms with E-state index in [0.29, 0.717) is 0 Å². The van der Waals surface area contributed by atoms with Crippen LogP contribution in [0.15, 0.2) is 18.2 Å². The number of likely N-dealkylation sites (N-methyl/N-ethyl adjacent to an activating group) is 1. The monoisotopic (exact) mass is 373 g/mol. The summed E-state index contributed by atoms with van der Waals surface area (Å²) >= 11 is 0. The van der Waals surface area contributed by atoms with E-state index in [2.05, 4.69) is 10.2 Å². The summed E-state index contributed by atoms with van der Waals surface area (Å²) in [5, 5.41) is 3.30. The molecule has 1 aromatic rings. The van der Waals surface area contributed by atoms with Gasteiger partial charge in [0.1, 0.15) is 6.04 Å². The maximum Gasteiger partial charge on any atom is 0.242 e. The summed E-state index contributed by atoms with van der Waals surface area (Å²) in [7, 11) is 3.89. The average Bonchev–Trinajstić information content (AvgIpc) is 3.40. The zero-order valence-electron chi connectivity index (χ0n) is 16.5. The molecular formula is C21H31N3O3. The van der Waals surface area contributed by atoms with E-state index in [1.54, 1.807) is 0 Å². The molecule has 0 aromatic heterocycles. The summed E-state index contributed by atoms with van der Waals surface area (Å²) in [6.45, 7) is 3.35. The van der Waals surface area contributed by atoms with Crippen LogP contribution >= 0.6 is 0 Å². The molecule has 148 valence electrons. The molecule has 0 radical (unpaired) electrons. The largest absolute Gasteiger partial charge is 0.454 e. The predicted molar refractivity (Wildman–Crippen MR) is 104 cm³/mol. The van der Waals surface area contributed by atoms with Crippen LogP contribution < -0.4 is 14.8 Å². The lowest BCUT2D eigenvalue weighted by molar-refractivity contribution is -0.126. The molecule has 3 aliphatic rings. The summed E-state index contributed by atoms with van der Waals surface area (Å²) in [5.74, 6) is 1.52. The van der Waals surface area contributed by atoms with Gasteiger partial charge in [-0.1, -0.05) is 18.9 Å². The number of carbonyl (C=O) groups is 1. The van der Waals surface area contributed by atoms with Gasteiger partial charge in [0.2, 0.25) is 12.7 Å². The minimum Gasteiger partial charge on any atom is -0.454 e. The molecule has 1 saturated carbocycles. The quantitative estimate of drug-likeness (QED) is 0.831. The molecule has 1 aliphatic carbocycles. The molecule has 1 N–H and O–H groups in total. The Kier molecular flexibility index (Phi) is 5.28. The highest BCUT2D eigenvalue weighted by atomic mass is 16.7. The number of amides is 1. The van der Waals surface area contributed by atoms with Gasteiger partial charge < -0.3 is 14.8 Å². The zero-order chi connectivity index (χ0) is 18.9. The van der Waals surface area contributed by atoms with E-state index in [-0.39, 0.29) is 24.3 Å². The minimum absolute atomic E-state index is 0.0596.